The molecular formula is C14H17F3N2O2S. The summed E-state index contributed by atoms with van der Waals surface area (Å²) in [4.78, 5) is 0.204. The predicted octanol–water partition coefficient (Wildman–Crippen LogP) is 2.28. The summed E-state index contributed by atoms with van der Waals surface area (Å²) < 4.78 is 61.3. The number of hydrogen-bond donors (Lipinski definition) is 1. The van der Waals surface area contributed by atoms with Gasteiger partial charge in [0, 0.05) is 30.4 Å². The molecule has 8 heteroatoms. The highest BCUT2D eigenvalue weighted by Crippen LogP contribution is 2.24. The first kappa shape index (κ1) is 16.8. The topological polar surface area (TPSA) is 51.1 Å². The molecule has 0 amide bonds. The Labute approximate surface area is 126 Å². The van der Waals surface area contributed by atoms with E-state index in [4.69, 9.17) is 0 Å². The van der Waals surface area contributed by atoms with Crippen molar-refractivity contribution in [1.82, 2.24) is 9.88 Å². The number of fused-ring (bicyclic) bond motifs is 1. The molecule has 1 aromatic carbocycles. The van der Waals surface area contributed by atoms with Gasteiger partial charge in [-0.3, -0.25) is 0 Å². The van der Waals surface area contributed by atoms with Gasteiger partial charge in [-0.05, 0) is 36.7 Å². The summed E-state index contributed by atoms with van der Waals surface area (Å²) in [5, 5.41) is 3.09. The van der Waals surface area contributed by atoms with Crippen LogP contribution in [0.25, 0.3) is 10.9 Å². The molecule has 2 rings (SSSR count). The molecule has 0 unspecified atom stereocenters. The van der Waals surface area contributed by atoms with Gasteiger partial charge in [0.15, 0.2) is 9.84 Å². The van der Waals surface area contributed by atoms with E-state index in [1.54, 1.807) is 12.1 Å². The van der Waals surface area contributed by atoms with Crippen molar-refractivity contribution in [3.8, 4) is 0 Å². The molecule has 0 spiro atoms. The fourth-order valence-electron chi connectivity index (χ4n) is 2.34. The maximum Gasteiger partial charge on any atom is 0.401 e. The lowest BCUT2D eigenvalue weighted by Crippen LogP contribution is -2.30. The normalized spacial score (nSPS) is 13.0. The fourth-order valence-corrected chi connectivity index (χ4v) is 2.98. The number of nitrogens with one attached hydrogen (secondary N) is 1. The Hall–Kier alpha value is -1.54. The summed E-state index contributed by atoms with van der Waals surface area (Å²) in [5.41, 5.74) is 1.66. The van der Waals surface area contributed by atoms with E-state index in [-0.39, 0.29) is 11.4 Å². The number of rotatable bonds is 5. The smallest absolute Gasteiger partial charge is 0.350 e. The number of aryl methyl sites for hydroxylation is 1. The summed E-state index contributed by atoms with van der Waals surface area (Å²) in [5.74, 6) is 0. The lowest BCUT2D eigenvalue weighted by atomic mass is 10.1. The molecule has 4 nitrogen and oxygen atoms in total. The van der Waals surface area contributed by atoms with E-state index in [2.05, 4.69) is 5.32 Å². The molecule has 0 aliphatic carbocycles. The van der Waals surface area contributed by atoms with Gasteiger partial charge in [-0.25, -0.2) is 8.42 Å². The van der Waals surface area contributed by atoms with E-state index >= 15 is 0 Å². The zero-order chi connectivity index (χ0) is 16.5. The third kappa shape index (κ3) is 4.01. The van der Waals surface area contributed by atoms with Gasteiger partial charge in [0.25, 0.3) is 0 Å². The first-order valence-electron chi connectivity index (χ1n) is 6.63. The van der Waals surface area contributed by atoms with Gasteiger partial charge >= 0.3 is 6.18 Å². The molecule has 1 aromatic heterocycles. The molecule has 22 heavy (non-hydrogen) atoms. The first-order chi connectivity index (χ1) is 10.1. The van der Waals surface area contributed by atoms with Gasteiger partial charge in [-0.1, -0.05) is 0 Å². The predicted molar refractivity (Wildman–Crippen MR) is 78.7 cm³/mol. The molecule has 1 heterocycles. The minimum absolute atomic E-state index is 0.168. The first-order valence-corrected chi connectivity index (χ1v) is 8.52. The van der Waals surface area contributed by atoms with Crippen LogP contribution in [0.15, 0.2) is 29.3 Å². The third-order valence-corrected chi connectivity index (χ3v) is 4.48. The second-order valence-electron chi connectivity index (χ2n) is 5.26. The summed E-state index contributed by atoms with van der Waals surface area (Å²) in [6, 6.07) is 4.81. The Morgan fingerprint density at radius 1 is 1.27 bits per heavy atom. The summed E-state index contributed by atoms with van der Waals surface area (Å²) >= 11 is 0. The molecule has 0 fully saturated rings. The zero-order valence-corrected chi connectivity index (χ0v) is 13.1. The number of alkyl halides is 3. The number of nitrogens with zero attached hydrogens (tertiary/aromatic N) is 1. The third-order valence-electron chi connectivity index (χ3n) is 3.37. The molecule has 0 aliphatic heterocycles. The van der Waals surface area contributed by atoms with E-state index in [0.29, 0.717) is 6.42 Å². The quantitative estimate of drug-likeness (QED) is 0.854. The fraction of sp³-hybridized carbons (Fsp3) is 0.429. The summed E-state index contributed by atoms with van der Waals surface area (Å²) in [6.45, 7) is -0.867. The van der Waals surface area contributed by atoms with Crippen molar-refractivity contribution in [3.63, 3.8) is 0 Å². The van der Waals surface area contributed by atoms with Gasteiger partial charge in [0.05, 0.1) is 11.4 Å². The molecule has 0 saturated heterocycles. The summed E-state index contributed by atoms with van der Waals surface area (Å²) in [6.07, 6.45) is -0.906. The number of benzene rings is 1. The second kappa shape index (κ2) is 5.92. The highest BCUT2D eigenvalue weighted by Gasteiger charge is 2.26. The molecule has 0 saturated carbocycles. The van der Waals surface area contributed by atoms with Crippen LogP contribution in [0.3, 0.4) is 0 Å². The van der Waals surface area contributed by atoms with Gasteiger partial charge < -0.3 is 9.88 Å². The number of aromatic nitrogens is 1. The van der Waals surface area contributed by atoms with Gasteiger partial charge in [0.1, 0.15) is 0 Å². The summed E-state index contributed by atoms with van der Waals surface area (Å²) in [7, 11) is -1.51. The van der Waals surface area contributed by atoms with Crippen LogP contribution in [0, 0.1) is 0 Å². The van der Waals surface area contributed by atoms with Crippen LogP contribution < -0.4 is 5.32 Å². The van der Waals surface area contributed by atoms with Gasteiger partial charge in [-0.2, -0.15) is 13.2 Å². The standard InChI is InChI=1S/C14H17F3N2O2S/c1-19-8-10(5-6-18-9-14(15,16)17)12-7-11(22(2,20)21)3-4-13(12)19/h3-4,7-8,18H,5-6,9H2,1-2H3. The highest BCUT2D eigenvalue weighted by atomic mass is 32.2. The van der Waals surface area contributed by atoms with Gasteiger partial charge in [0.2, 0.25) is 0 Å². The zero-order valence-electron chi connectivity index (χ0n) is 12.2. The Balaban J connectivity index is 2.22. The largest absolute Gasteiger partial charge is 0.401 e. The van der Waals surface area contributed by atoms with Crippen LogP contribution in [0.4, 0.5) is 13.2 Å². The van der Waals surface area contributed by atoms with E-state index < -0.39 is 22.6 Å². The SMILES string of the molecule is Cn1cc(CCNCC(F)(F)F)c2cc(S(C)(=O)=O)ccc21. The molecule has 0 bridgehead atoms. The van der Waals surface area contributed by atoms with Crippen LogP contribution in [-0.2, 0) is 23.3 Å². The minimum Gasteiger partial charge on any atom is -0.350 e. The minimum atomic E-state index is -4.23. The van der Waals surface area contributed by atoms with Crippen LogP contribution in [-0.4, -0.2) is 38.5 Å². The average Bonchev–Trinajstić information content (AvgIpc) is 2.69. The van der Waals surface area contributed by atoms with Crippen molar-refractivity contribution in [3.05, 3.63) is 30.0 Å². The van der Waals surface area contributed by atoms with Crippen LogP contribution >= 0.6 is 0 Å². The lowest BCUT2D eigenvalue weighted by Gasteiger charge is -2.07. The highest BCUT2D eigenvalue weighted by molar-refractivity contribution is 7.90. The molecular weight excluding hydrogens is 317 g/mol. The Morgan fingerprint density at radius 3 is 2.55 bits per heavy atom. The second-order valence-corrected chi connectivity index (χ2v) is 7.27. The molecule has 2 aromatic rings. The van der Waals surface area contributed by atoms with E-state index in [0.717, 1.165) is 22.7 Å². The van der Waals surface area contributed by atoms with Crippen molar-refractivity contribution in [2.45, 2.75) is 17.5 Å². The molecule has 0 atom stereocenters. The monoisotopic (exact) mass is 334 g/mol. The van der Waals surface area contributed by atoms with Crippen molar-refractivity contribution in [2.75, 3.05) is 19.3 Å². The molecule has 0 radical (unpaired) electrons. The molecule has 1 N–H and O–H groups in total. The van der Waals surface area contributed by atoms with Crippen molar-refractivity contribution in [2.24, 2.45) is 7.05 Å². The Bertz CT molecular complexity index is 779. The van der Waals surface area contributed by atoms with Crippen LogP contribution in [0.5, 0.6) is 0 Å². The number of hydrogen-bond acceptors (Lipinski definition) is 3. The van der Waals surface area contributed by atoms with Gasteiger partial charge in [-0.15, -0.1) is 0 Å². The Morgan fingerprint density at radius 2 is 1.95 bits per heavy atom. The maximum atomic E-state index is 12.1. The van der Waals surface area contributed by atoms with E-state index in [9.17, 15) is 21.6 Å². The van der Waals surface area contributed by atoms with Crippen molar-refractivity contribution < 1.29 is 21.6 Å². The molecule has 0 aliphatic rings. The van der Waals surface area contributed by atoms with Crippen LogP contribution in [0.1, 0.15) is 5.56 Å². The lowest BCUT2D eigenvalue weighted by molar-refractivity contribution is -0.124. The van der Waals surface area contributed by atoms with Crippen molar-refractivity contribution in [1.29, 1.82) is 0 Å². The Kier molecular flexibility index (Phi) is 4.53. The average molecular weight is 334 g/mol. The van der Waals surface area contributed by atoms with E-state index in [1.165, 1.54) is 6.07 Å². The number of sulfone groups is 1. The molecule has 122 valence electrons. The van der Waals surface area contributed by atoms with Crippen molar-refractivity contribution >= 4 is 20.7 Å². The number of halogens is 3. The van der Waals surface area contributed by atoms with E-state index in [1.807, 2.05) is 17.8 Å². The van der Waals surface area contributed by atoms with Crippen LogP contribution in [0.2, 0.25) is 0 Å². The maximum absolute atomic E-state index is 12.1.